The minimum absolute atomic E-state index is 0.127. The third-order valence-corrected chi connectivity index (χ3v) is 3.72. The van der Waals surface area contributed by atoms with Gasteiger partial charge in [-0.2, -0.15) is 0 Å². The molecule has 4 N–H and O–H groups in total. The smallest absolute Gasteiger partial charge is 0.308 e. The van der Waals surface area contributed by atoms with E-state index in [1.165, 1.54) is 0 Å². The second-order valence-electron chi connectivity index (χ2n) is 4.73. The predicted octanol–water partition coefficient (Wildman–Crippen LogP) is 1.37. The largest absolute Gasteiger partial charge is 0.481 e. The van der Waals surface area contributed by atoms with Crippen molar-refractivity contribution in [2.75, 3.05) is 13.1 Å². The van der Waals surface area contributed by atoms with Crippen LogP contribution in [0.4, 0.5) is 0 Å². The minimum Gasteiger partial charge on any atom is -0.481 e. The summed E-state index contributed by atoms with van der Waals surface area (Å²) >= 11 is 0. The van der Waals surface area contributed by atoms with Gasteiger partial charge in [-0.15, -0.1) is 0 Å². The summed E-state index contributed by atoms with van der Waals surface area (Å²) in [6.45, 7) is 6.26. The van der Waals surface area contributed by atoms with Gasteiger partial charge in [-0.1, -0.05) is 27.2 Å². The van der Waals surface area contributed by atoms with Crippen LogP contribution in [0, 0.1) is 11.3 Å². The highest BCUT2D eigenvalue weighted by atomic mass is 16.4. The van der Waals surface area contributed by atoms with E-state index in [2.05, 4.69) is 5.32 Å². The van der Waals surface area contributed by atoms with Gasteiger partial charge in [-0.3, -0.25) is 9.59 Å². The maximum absolute atomic E-state index is 12.1. The monoisotopic (exact) mass is 258 g/mol. The standard InChI is InChI=1S/C13H26N2O3/c1-4-7-10(11(16)17)8-15-12(18)13(5-2,6-3)9-14/h10H,4-9,14H2,1-3H3,(H,15,18)(H,16,17). The van der Waals surface area contributed by atoms with Gasteiger partial charge in [-0.25, -0.2) is 0 Å². The molecule has 1 atom stereocenters. The lowest BCUT2D eigenvalue weighted by Crippen LogP contribution is -2.47. The summed E-state index contributed by atoms with van der Waals surface area (Å²) in [5.41, 5.74) is 5.12. The Kier molecular flexibility index (Phi) is 7.59. The molecule has 18 heavy (non-hydrogen) atoms. The second kappa shape index (κ2) is 8.08. The number of hydrogen-bond acceptors (Lipinski definition) is 3. The number of amides is 1. The molecule has 0 aliphatic carbocycles. The van der Waals surface area contributed by atoms with Crippen molar-refractivity contribution in [2.45, 2.75) is 46.5 Å². The Bertz CT molecular complexity index is 267. The number of nitrogens with one attached hydrogen (secondary N) is 1. The Morgan fingerprint density at radius 3 is 2.17 bits per heavy atom. The Morgan fingerprint density at radius 2 is 1.83 bits per heavy atom. The van der Waals surface area contributed by atoms with Crippen molar-refractivity contribution in [3.8, 4) is 0 Å². The summed E-state index contributed by atoms with van der Waals surface area (Å²) in [6, 6.07) is 0. The molecule has 5 heteroatoms. The number of carboxylic acid groups (broad SMARTS) is 1. The summed E-state index contributed by atoms with van der Waals surface area (Å²) in [5.74, 6) is -1.50. The van der Waals surface area contributed by atoms with E-state index in [4.69, 9.17) is 10.8 Å². The van der Waals surface area contributed by atoms with E-state index in [0.29, 0.717) is 19.3 Å². The zero-order valence-electron chi connectivity index (χ0n) is 11.7. The highest BCUT2D eigenvalue weighted by Crippen LogP contribution is 2.25. The summed E-state index contributed by atoms with van der Waals surface area (Å²) in [6.07, 6.45) is 2.69. The zero-order chi connectivity index (χ0) is 14.2. The van der Waals surface area contributed by atoms with Crippen LogP contribution in [0.1, 0.15) is 46.5 Å². The second-order valence-corrected chi connectivity index (χ2v) is 4.73. The third-order valence-electron chi connectivity index (χ3n) is 3.72. The van der Waals surface area contributed by atoms with Crippen LogP contribution in [-0.4, -0.2) is 30.1 Å². The third kappa shape index (κ3) is 4.29. The van der Waals surface area contributed by atoms with Crippen LogP contribution in [0.25, 0.3) is 0 Å². The van der Waals surface area contributed by atoms with Gasteiger partial charge in [0.25, 0.3) is 0 Å². The maximum atomic E-state index is 12.1. The summed E-state index contributed by atoms with van der Waals surface area (Å²) in [7, 11) is 0. The lowest BCUT2D eigenvalue weighted by Gasteiger charge is -2.29. The molecule has 0 spiro atoms. The van der Waals surface area contributed by atoms with Gasteiger partial charge < -0.3 is 16.2 Å². The first-order valence-corrected chi connectivity index (χ1v) is 6.68. The zero-order valence-corrected chi connectivity index (χ0v) is 11.7. The van der Waals surface area contributed by atoms with Gasteiger partial charge >= 0.3 is 5.97 Å². The first kappa shape index (κ1) is 16.9. The first-order chi connectivity index (χ1) is 8.47. The Hall–Kier alpha value is -1.10. The van der Waals surface area contributed by atoms with Crippen molar-refractivity contribution in [1.29, 1.82) is 0 Å². The van der Waals surface area contributed by atoms with Gasteiger partial charge in [-0.05, 0) is 19.3 Å². The molecule has 5 nitrogen and oxygen atoms in total. The normalized spacial score (nSPS) is 13.1. The van der Waals surface area contributed by atoms with E-state index in [1.54, 1.807) is 0 Å². The molecule has 0 rings (SSSR count). The number of carbonyl (C=O) groups is 2. The molecule has 0 bridgehead atoms. The topological polar surface area (TPSA) is 92.4 Å². The van der Waals surface area contributed by atoms with Crippen LogP contribution in [0.15, 0.2) is 0 Å². The molecule has 0 saturated heterocycles. The van der Waals surface area contributed by atoms with Crippen LogP contribution in [0.5, 0.6) is 0 Å². The van der Waals surface area contributed by atoms with E-state index in [0.717, 1.165) is 6.42 Å². The fraction of sp³-hybridized carbons (Fsp3) is 0.846. The minimum atomic E-state index is -0.858. The lowest BCUT2D eigenvalue weighted by atomic mass is 9.81. The average Bonchev–Trinajstić information content (AvgIpc) is 2.36. The number of carboxylic acids is 1. The van der Waals surface area contributed by atoms with Crippen molar-refractivity contribution in [3.05, 3.63) is 0 Å². The van der Waals surface area contributed by atoms with Gasteiger partial charge in [0.1, 0.15) is 0 Å². The lowest BCUT2D eigenvalue weighted by molar-refractivity contribution is -0.142. The van der Waals surface area contributed by atoms with E-state index < -0.39 is 17.3 Å². The number of aliphatic carboxylic acids is 1. The molecule has 1 unspecified atom stereocenters. The Labute approximate surface area is 109 Å². The van der Waals surface area contributed by atoms with Gasteiger partial charge in [0.05, 0.1) is 11.3 Å². The molecule has 0 aliphatic rings. The average molecular weight is 258 g/mol. The Balaban J connectivity index is 4.50. The summed E-state index contributed by atoms with van der Waals surface area (Å²) < 4.78 is 0. The van der Waals surface area contributed by atoms with Crippen LogP contribution < -0.4 is 11.1 Å². The van der Waals surface area contributed by atoms with E-state index >= 15 is 0 Å². The quantitative estimate of drug-likeness (QED) is 0.582. The SMILES string of the molecule is CCCC(CNC(=O)C(CC)(CC)CN)C(=O)O. The molecule has 0 fully saturated rings. The molecular weight excluding hydrogens is 232 g/mol. The number of hydrogen-bond donors (Lipinski definition) is 3. The van der Waals surface area contributed by atoms with Gasteiger partial charge in [0, 0.05) is 13.1 Å². The summed E-state index contributed by atoms with van der Waals surface area (Å²) in [5, 5.41) is 11.8. The van der Waals surface area contributed by atoms with Crippen molar-refractivity contribution >= 4 is 11.9 Å². The van der Waals surface area contributed by atoms with E-state index in [9.17, 15) is 9.59 Å². The van der Waals surface area contributed by atoms with Crippen LogP contribution in [0.2, 0.25) is 0 Å². The van der Waals surface area contributed by atoms with Gasteiger partial charge in [0.15, 0.2) is 0 Å². The molecule has 0 aromatic heterocycles. The Morgan fingerprint density at radius 1 is 1.28 bits per heavy atom. The van der Waals surface area contributed by atoms with E-state index in [1.807, 2.05) is 20.8 Å². The maximum Gasteiger partial charge on any atom is 0.308 e. The van der Waals surface area contributed by atoms with Crippen molar-refractivity contribution in [3.63, 3.8) is 0 Å². The molecule has 106 valence electrons. The van der Waals surface area contributed by atoms with Crippen LogP contribution >= 0.6 is 0 Å². The molecule has 1 amide bonds. The molecule has 0 saturated carbocycles. The number of nitrogens with two attached hydrogens (primary N) is 1. The number of rotatable bonds is 9. The summed E-state index contributed by atoms with van der Waals surface area (Å²) in [4.78, 5) is 23.1. The van der Waals surface area contributed by atoms with Crippen LogP contribution in [0.3, 0.4) is 0 Å². The van der Waals surface area contributed by atoms with Crippen molar-refractivity contribution in [1.82, 2.24) is 5.32 Å². The fourth-order valence-corrected chi connectivity index (χ4v) is 2.02. The molecule has 0 heterocycles. The first-order valence-electron chi connectivity index (χ1n) is 6.68. The molecule has 0 radical (unpaired) electrons. The van der Waals surface area contributed by atoms with E-state index in [-0.39, 0.29) is 19.0 Å². The highest BCUT2D eigenvalue weighted by Gasteiger charge is 2.33. The van der Waals surface area contributed by atoms with Crippen molar-refractivity contribution < 1.29 is 14.7 Å². The van der Waals surface area contributed by atoms with Crippen molar-refractivity contribution in [2.24, 2.45) is 17.1 Å². The predicted molar refractivity (Wildman–Crippen MR) is 71.1 cm³/mol. The molecule has 0 aliphatic heterocycles. The molecule has 0 aromatic rings. The number of carbonyl (C=O) groups excluding carboxylic acids is 1. The highest BCUT2D eigenvalue weighted by molar-refractivity contribution is 5.83. The van der Waals surface area contributed by atoms with Crippen LogP contribution in [-0.2, 0) is 9.59 Å². The molecule has 0 aromatic carbocycles. The van der Waals surface area contributed by atoms with Gasteiger partial charge in [0.2, 0.25) is 5.91 Å². The molecular formula is C13H26N2O3. The fourth-order valence-electron chi connectivity index (χ4n) is 2.02.